The van der Waals surface area contributed by atoms with Crippen LogP contribution in [-0.4, -0.2) is 31.6 Å². The van der Waals surface area contributed by atoms with Gasteiger partial charge in [-0.3, -0.25) is 4.74 Å². The molecule has 0 atom stereocenters. The summed E-state index contributed by atoms with van der Waals surface area (Å²) in [5, 5.41) is 0. The van der Waals surface area contributed by atoms with Crippen LogP contribution in [-0.2, 0) is 18.9 Å². The van der Waals surface area contributed by atoms with Crippen LogP contribution in [0.25, 0.3) is 0 Å². The lowest BCUT2D eigenvalue weighted by Gasteiger charge is -2.44. The molecule has 0 aromatic rings. The summed E-state index contributed by atoms with van der Waals surface area (Å²) in [6.07, 6.45) is 3.58. The molecule has 4 nitrogen and oxygen atoms in total. The second kappa shape index (κ2) is 4.06. The lowest BCUT2D eigenvalue weighted by Crippen LogP contribution is -2.55. The first kappa shape index (κ1) is 10.8. The second-order valence-corrected chi connectivity index (χ2v) is 3.61. The molecule has 84 valence electrons. The Balaban J connectivity index is 2.14. The zero-order valence-corrected chi connectivity index (χ0v) is 8.74. The Labute approximate surface area is 89.5 Å². The van der Waals surface area contributed by atoms with E-state index in [1.807, 2.05) is 0 Å². The van der Waals surface area contributed by atoms with Crippen LogP contribution in [0, 0.1) is 0 Å². The Hall–Kier alpha value is -0.680. The summed E-state index contributed by atoms with van der Waals surface area (Å²) < 4.78 is 21.9. The first-order chi connectivity index (χ1) is 7.24. The molecule has 4 heteroatoms. The van der Waals surface area contributed by atoms with Gasteiger partial charge < -0.3 is 14.2 Å². The molecular weight excluding hydrogens is 196 g/mol. The van der Waals surface area contributed by atoms with E-state index in [0.717, 1.165) is 6.42 Å². The Morgan fingerprint density at radius 3 is 2.13 bits per heavy atom. The molecular formula is C11H16O4. The van der Waals surface area contributed by atoms with Crippen molar-refractivity contribution < 1.29 is 18.9 Å². The second-order valence-electron chi connectivity index (χ2n) is 3.61. The fourth-order valence-electron chi connectivity index (χ4n) is 1.66. The smallest absolute Gasteiger partial charge is 0.303 e. The third-order valence-corrected chi connectivity index (χ3v) is 2.62. The van der Waals surface area contributed by atoms with Gasteiger partial charge in [0.05, 0.1) is 19.8 Å². The molecule has 2 aliphatic rings. The van der Waals surface area contributed by atoms with Crippen molar-refractivity contribution in [1.82, 2.24) is 0 Å². The maximum atomic E-state index is 5.70. The van der Waals surface area contributed by atoms with Crippen molar-refractivity contribution in [3.05, 3.63) is 25.3 Å². The van der Waals surface area contributed by atoms with Gasteiger partial charge in [-0.1, -0.05) is 25.3 Å². The molecule has 0 aromatic carbocycles. The molecule has 0 saturated carbocycles. The highest BCUT2D eigenvalue weighted by Crippen LogP contribution is 2.35. The number of rotatable bonds is 2. The van der Waals surface area contributed by atoms with Crippen LogP contribution in [0.2, 0.25) is 0 Å². The van der Waals surface area contributed by atoms with Gasteiger partial charge in [-0.2, -0.15) is 0 Å². The highest BCUT2D eigenvalue weighted by atomic mass is 17.0. The summed E-state index contributed by atoms with van der Waals surface area (Å²) in [5.74, 6) is 0. The minimum absolute atomic E-state index is 0.498. The summed E-state index contributed by atoms with van der Waals surface area (Å²) in [4.78, 5) is 0. The zero-order valence-electron chi connectivity index (χ0n) is 8.74. The molecule has 0 N–H and O–H groups in total. The topological polar surface area (TPSA) is 36.9 Å². The van der Waals surface area contributed by atoms with E-state index in [9.17, 15) is 0 Å². The van der Waals surface area contributed by atoms with Gasteiger partial charge in [-0.15, -0.1) is 0 Å². The molecule has 0 bridgehead atoms. The van der Waals surface area contributed by atoms with E-state index in [0.29, 0.717) is 26.2 Å². The van der Waals surface area contributed by atoms with Gasteiger partial charge in [0.1, 0.15) is 5.60 Å². The van der Waals surface area contributed by atoms with Crippen molar-refractivity contribution in [2.24, 2.45) is 0 Å². The predicted molar refractivity (Wildman–Crippen MR) is 54.0 cm³/mol. The summed E-state index contributed by atoms with van der Waals surface area (Å²) >= 11 is 0. The molecule has 2 aliphatic heterocycles. The van der Waals surface area contributed by atoms with E-state index in [1.54, 1.807) is 12.2 Å². The predicted octanol–water partition coefficient (Wildman–Crippen LogP) is 1.58. The largest absolute Gasteiger partial charge is 0.413 e. The first-order valence-corrected chi connectivity index (χ1v) is 5.13. The molecule has 0 amide bonds. The number of hydrogen-bond acceptors (Lipinski definition) is 4. The molecule has 2 heterocycles. The van der Waals surface area contributed by atoms with Gasteiger partial charge in [0.2, 0.25) is 0 Å². The first-order valence-electron chi connectivity index (χ1n) is 5.13. The van der Waals surface area contributed by atoms with Crippen LogP contribution in [0.3, 0.4) is 0 Å². The average molecular weight is 212 g/mol. The quantitative estimate of drug-likeness (QED) is 0.651. The van der Waals surface area contributed by atoms with Gasteiger partial charge in [-0.25, -0.2) is 0 Å². The van der Waals surface area contributed by atoms with E-state index in [-0.39, 0.29) is 0 Å². The van der Waals surface area contributed by atoms with Crippen LogP contribution < -0.4 is 0 Å². The Morgan fingerprint density at radius 1 is 0.933 bits per heavy atom. The zero-order chi connectivity index (χ0) is 10.8. The van der Waals surface area contributed by atoms with E-state index in [2.05, 4.69) is 13.2 Å². The standard InChI is InChI=1S/C11H16O4/c1-3-10(4-2)6-9-14-11(15-10)12-7-5-8-13-11/h3-4H,1-2,5-9H2. The van der Waals surface area contributed by atoms with Crippen molar-refractivity contribution in [2.75, 3.05) is 19.8 Å². The molecule has 2 fully saturated rings. The SMILES string of the molecule is C=CC1(C=C)CCOC2(OCCCO2)O1. The van der Waals surface area contributed by atoms with Crippen LogP contribution in [0.1, 0.15) is 12.8 Å². The summed E-state index contributed by atoms with van der Waals surface area (Å²) in [6.45, 7) is 9.13. The molecule has 0 aliphatic carbocycles. The van der Waals surface area contributed by atoms with E-state index >= 15 is 0 Å². The fraction of sp³-hybridized carbons (Fsp3) is 0.636. The minimum atomic E-state index is -1.35. The van der Waals surface area contributed by atoms with E-state index < -0.39 is 11.8 Å². The van der Waals surface area contributed by atoms with Crippen molar-refractivity contribution in [2.45, 2.75) is 24.6 Å². The van der Waals surface area contributed by atoms with Crippen LogP contribution >= 0.6 is 0 Å². The molecule has 2 rings (SSSR count). The van der Waals surface area contributed by atoms with Crippen LogP contribution in [0.5, 0.6) is 0 Å². The summed E-state index contributed by atoms with van der Waals surface area (Å²) in [7, 11) is 0. The van der Waals surface area contributed by atoms with Crippen molar-refractivity contribution in [3.8, 4) is 0 Å². The Bertz CT molecular complexity index is 242. The molecule has 15 heavy (non-hydrogen) atoms. The molecule has 0 unspecified atom stereocenters. The Kier molecular flexibility index (Phi) is 2.93. The van der Waals surface area contributed by atoms with E-state index in [4.69, 9.17) is 18.9 Å². The van der Waals surface area contributed by atoms with Gasteiger partial charge in [0, 0.05) is 6.42 Å². The third-order valence-electron chi connectivity index (χ3n) is 2.62. The van der Waals surface area contributed by atoms with Gasteiger partial charge in [0.15, 0.2) is 0 Å². The highest BCUT2D eigenvalue weighted by molar-refractivity contribution is 5.10. The number of hydrogen-bond donors (Lipinski definition) is 0. The van der Waals surface area contributed by atoms with Crippen LogP contribution in [0.15, 0.2) is 25.3 Å². The maximum absolute atomic E-state index is 5.70. The summed E-state index contributed by atoms with van der Waals surface area (Å²) in [6, 6.07) is 0. The minimum Gasteiger partial charge on any atom is -0.303 e. The lowest BCUT2D eigenvalue weighted by atomic mass is 10.00. The van der Waals surface area contributed by atoms with Gasteiger partial charge in [-0.05, 0) is 6.42 Å². The normalized spacial score (nSPS) is 28.5. The van der Waals surface area contributed by atoms with Crippen LogP contribution in [0.4, 0.5) is 0 Å². The van der Waals surface area contributed by atoms with Gasteiger partial charge >= 0.3 is 6.16 Å². The average Bonchev–Trinajstić information content (AvgIpc) is 2.30. The Morgan fingerprint density at radius 2 is 1.53 bits per heavy atom. The molecule has 0 aromatic heterocycles. The fourth-order valence-corrected chi connectivity index (χ4v) is 1.66. The van der Waals surface area contributed by atoms with Crippen molar-refractivity contribution in [3.63, 3.8) is 0 Å². The highest BCUT2D eigenvalue weighted by Gasteiger charge is 2.48. The third kappa shape index (κ3) is 1.99. The molecule has 2 saturated heterocycles. The monoisotopic (exact) mass is 212 g/mol. The maximum Gasteiger partial charge on any atom is 0.413 e. The summed E-state index contributed by atoms with van der Waals surface area (Å²) in [5.41, 5.74) is -0.615. The lowest BCUT2D eigenvalue weighted by molar-refractivity contribution is -0.539. The van der Waals surface area contributed by atoms with E-state index in [1.165, 1.54) is 0 Å². The van der Waals surface area contributed by atoms with Crippen molar-refractivity contribution in [1.29, 1.82) is 0 Å². The number of ether oxygens (including phenoxy) is 4. The molecule has 0 radical (unpaired) electrons. The van der Waals surface area contributed by atoms with Crippen molar-refractivity contribution >= 4 is 0 Å². The molecule has 1 spiro atoms. The van der Waals surface area contributed by atoms with Gasteiger partial charge in [0.25, 0.3) is 0 Å².